The van der Waals surface area contributed by atoms with Crippen molar-refractivity contribution in [2.75, 3.05) is 5.75 Å². The molecular formula is C14H28OS2. The largest absolute Gasteiger partial charge is 0.300 e. The smallest absolute Gasteiger partial charge is 0.133 e. The van der Waals surface area contributed by atoms with Crippen molar-refractivity contribution >= 4 is 27.4 Å². The van der Waals surface area contributed by atoms with Crippen molar-refractivity contribution in [1.82, 2.24) is 0 Å². The number of carbonyl (C=O) groups is 1. The second-order valence-electron chi connectivity index (χ2n) is 6.16. The molecule has 0 aromatic heterocycles. The molecule has 0 spiro atoms. The summed E-state index contributed by atoms with van der Waals surface area (Å²) in [6, 6.07) is 0. The van der Waals surface area contributed by atoms with Crippen molar-refractivity contribution in [2.45, 2.75) is 65.6 Å². The molecule has 0 aliphatic rings. The SMILES string of the molecule is CC(C)CSSC(C)(C)CCC(=O)CC(C)C. The molecule has 0 heterocycles. The van der Waals surface area contributed by atoms with Gasteiger partial charge in [-0.25, -0.2) is 0 Å². The highest BCUT2D eigenvalue weighted by Crippen LogP contribution is 2.39. The van der Waals surface area contributed by atoms with Gasteiger partial charge in [0, 0.05) is 23.3 Å². The summed E-state index contributed by atoms with van der Waals surface area (Å²) >= 11 is 0. The summed E-state index contributed by atoms with van der Waals surface area (Å²) in [5.74, 6) is 2.84. The molecule has 0 aliphatic heterocycles. The first-order valence-corrected chi connectivity index (χ1v) is 8.87. The Balaban J connectivity index is 3.80. The third-order valence-corrected chi connectivity index (χ3v) is 6.02. The monoisotopic (exact) mass is 276 g/mol. The average Bonchev–Trinajstić information content (AvgIpc) is 2.13. The van der Waals surface area contributed by atoms with Gasteiger partial charge in [0.2, 0.25) is 0 Å². The lowest BCUT2D eigenvalue weighted by atomic mass is 9.99. The molecule has 0 fully saturated rings. The van der Waals surface area contributed by atoms with Crippen molar-refractivity contribution in [2.24, 2.45) is 11.8 Å². The predicted molar refractivity (Wildman–Crippen MR) is 82.7 cm³/mol. The van der Waals surface area contributed by atoms with Gasteiger partial charge < -0.3 is 0 Å². The van der Waals surface area contributed by atoms with Gasteiger partial charge >= 0.3 is 0 Å². The van der Waals surface area contributed by atoms with Gasteiger partial charge in [0.15, 0.2) is 0 Å². The molecular weight excluding hydrogens is 248 g/mol. The Morgan fingerprint density at radius 2 is 1.71 bits per heavy atom. The summed E-state index contributed by atoms with van der Waals surface area (Å²) in [4.78, 5) is 11.7. The molecule has 0 radical (unpaired) electrons. The van der Waals surface area contributed by atoms with E-state index in [4.69, 9.17) is 0 Å². The average molecular weight is 277 g/mol. The van der Waals surface area contributed by atoms with E-state index in [0.29, 0.717) is 11.7 Å². The van der Waals surface area contributed by atoms with Crippen molar-refractivity contribution in [3.63, 3.8) is 0 Å². The van der Waals surface area contributed by atoms with Crippen LogP contribution in [0.3, 0.4) is 0 Å². The fourth-order valence-electron chi connectivity index (χ4n) is 1.37. The summed E-state index contributed by atoms with van der Waals surface area (Å²) in [7, 11) is 3.87. The first-order valence-electron chi connectivity index (χ1n) is 6.55. The van der Waals surface area contributed by atoms with Crippen LogP contribution in [0.2, 0.25) is 0 Å². The van der Waals surface area contributed by atoms with E-state index >= 15 is 0 Å². The molecule has 3 heteroatoms. The molecule has 0 N–H and O–H groups in total. The molecule has 0 aromatic carbocycles. The van der Waals surface area contributed by atoms with Crippen LogP contribution in [0.15, 0.2) is 0 Å². The lowest BCUT2D eigenvalue weighted by molar-refractivity contribution is -0.119. The third-order valence-electron chi connectivity index (χ3n) is 2.33. The number of Topliss-reactive ketones (excluding diaryl/α,β-unsaturated/α-hetero) is 1. The maximum absolute atomic E-state index is 11.7. The van der Waals surface area contributed by atoms with Gasteiger partial charge in [-0.1, -0.05) is 49.3 Å². The lowest BCUT2D eigenvalue weighted by Gasteiger charge is -2.23. The van der Waals surface area contributed by atoms with E-state index in [2.05, 4.69) is 41.5 Å². The molecule has 0 saturated heterocycles. The van der Waals surface area contributed by atoms with E-state index in [0.717, 1.165) is 25.2 Å². The molecule has 102 valence electrons. The molecule has 0 aliphatic carbocycles. The summed E-state index contributed by atoms with van der Waals surface area (Å²) in [6.45, 7) is 13.2. The third kappa shape index (κ3) is 11.2. The minimum absolute atomic E-state index is 0.214. The van der Waals surface area contributed by atoms with Crippen LogP contribution >= 0.6 is 21.6 Å². The molecule has 0 atom stereocenters. The number of ketones is 1. The molecule has 17 heavy (non-hydrogen) atoms. The Kier molecular flexibility index (Phi) is 8.65. The molecule has 0 aromatic rings. The molecule has 0 rings (SSSR count). The Bertz CT molecular complexity index is 222. The van der Waals surface area contributed by atoms with E-state index in [1.807, 2.05) is 21.6 Å². The van der Waals surface area contributed by atoms with Crippen LogP contribution in [0.5, 0.6) is 0 Å². The second kappa shape index (κ2) is 8.47. The maximum atomic E-state index is 11.7. The fourth-order valence-corrected chi connectivity index (χ4v) is 4.44. The van der Waals surface area contributed by atoms with E-state index in [-0.39, 0.29) is 4.75 Å². The Hall–Kier alpha value is 0.370. The van der Waals surface area contributed by atoms with Gasteiger partial charge in [-0.3, -0.25) is 4.79 Å². The Morgan fingerprint density at radius 1 is 1.12 bits per heavy atom. The number of hydrogen-bond donors (Lipinski definition) is 0. The highest BCUT2D eigenvalue weighted by Gasteiger charge is 2.20. The Morgan fingerprint density at radius 3 is 2.18 bits per heavy atom. The highest BCUT2D eigenvalue weighted by atomic mass is 33.1. The number of carbonyl (C=O) groups excluding carboxylic acids is 1. The van der Waals surface area contributed by atoms with Crippen LogP contribution in [0.25, 0.3) is 0 Å². The molecule has 1 nitrogen and oxygen atoms in total. The first-order chi connectivity index (χ1) is 7.73. The van der Waals surface area contributed by atoms with E-state index in [1.54, 1.807) is 0 Å². The number of rotatable bonds is 9. The predicted octanol–water partition coefficient (Wildman–Crippen LogP) is 5.20. The molecule has 0 unspecified atom stereocenters. The normalized spacial score (nSPS) is 12.5. The standard InChI is InChI=1S/C14H28OS2/c1-11(2)9-13(15)7-8-14(5,6)17-16-10-12(3)4/h11-12H,7-10H2,1-6H3. The molecule has 0 amide bonds. The summed E-state index contributed by atoms with van der Waals surface area (Å²) in [5.41, 5.74) is 0. The second-order valence-corrected chi connectivity index (χ2v) is 9.21. The van der Waals surface area contributed by atoms with Gasteiger partial charge in [0.25, 0.3) is 0 Å². The van der Waals surface area contributed by atoms with Crippen LogP contribution in [0, 0.1) is 11.8 Å². The fraction of sp³-hybridized carbons (Fsp3) is 0.929. The van der Waals surface area contributed by atoms with Gasteiger partial charge in [0.1, 0.15) is 5.78 Å². The van der Waals surface area contributed by atoms with E-state index in [1.165, 1.54) is 5.75 Å². The summed E-state index contributed by atoms with van der Waals surface area (Å²) in [6.07, 6.45) is 2.47. The Labute approximate surface area is 115 Å². The first kappa shape index (κ1) is 17.4. The van der Waals surface area contributed by atoms with Gasteiger partial charge in [-0.2, -0.15) is 0 Å². The molecule has 0 bridgehead atoms. The van der Waals surface area contributed by atoms with Crippen molar-refractivity contribution in [1.29, 1.82) is 0 Å². The van der Waals surface area contributed by atoms with Crippen molar-refractivity contribution < 1.29 is 4.79 Å². The highest BCUT2D eigenvalue weighted by molar-refractivity contribution is 8.77. The van der Waals surface area contributed by atoms with Crippen LogP contribution in [0.4, 0.5) is 0 Å². The van der Waals surface area contributed by atoms with Crippen LogP contribution in [0.1, 0.15) is 60.8 Å². The van der Waals surface area contributed by atoms with Gasteiger partial charge in [-0.05, 0) is 32.1 Å². The van der Waals surface area contributed by atoms with E-state index < -0.39 is 0 Å². The zero-order valence-corrected chi connectivity index (χ0v) is 13.8. The maximum Gasteiger partial charge on any atom is 0.133 e. The van der Waals surface area contributed by atoms with Gasteiger partial charge in [0.05, 0.1) is 0 Å². The molecule has 0 saturated carbocycles. The lowest BCUT2D eigenvalue weighted by Crippen LogP contribution is -2.16. The minimum Gasteiger partial charge on any atom is -0.300 e. The topological polar surface area (TPSA) is 17.1 Å². The number of hydrogen-bond acceptors (Lipinski definition) is 3. The van der Waals surface area contributed by atoms with Crippen molar-refractivity contribution in [3.8, 4) is 0 Å². The van der Waals surface area contributed by atoms with Gasteiger partial charge in [-0.15, -0.1) is 0 Å². The minimum atomic E-state index is 0.214. The van der Waals surface area contributed by atoms with E-state index in [9.17, 15) is 4.79 Å². The quantitative estimate of drug-likeness (QED) is 0.539. The van der Waals surface area contributed by atoms with Crippen LogP contribution in [-0.2, 0) is 4.79 Å². The van der Waals surface area contributed by atoms with Crippen LogP contribution in [-0.4, -0.2) is 16.3 Å². The van der Waals surface area contributed by atoms with Crippen molar-refractivity contribution in [3.05, 3.63) is 0 Å². The zero-order chi connectivity index (χ0) is 13.5. The zero-order valence-electron chi connectivity index (χ0n) is 12.2. The summed E-state index contributed by atoms with van der Waals surface area (Å²) in [5, 5.41) is 0. The summed E-state index contributed by atoms with van der Waals surface area (Å²) < 4.78 is 0.214. The van der Waals surface area contributed by atoms with Crippen LogP contribution < -0.4 is 0 Å².